The van der Waals surface area contributed by atoms with Crippen LogP contribution in [-0.4, -0.2) is 34.9 Å². The Morgan fingerprint density at radius 1 is 1.59 bits per heavy atom. The summed E-state index contributed by atoms with van der Waals surface area (Å²) in [5.41, 5.74) is 2.22. The second-order valence-electron chi connectivity index (χ2n) is 4.34. The lowest BCUT2D eigenvalue weighted by atomic mass is 10.2. The van der Waals surface area contributed by atoms with Crippen LogP contribution in [0, 0.1) is 0 Å². The highest BCUT2D eigenvalue weighted by Crippen LogP contribution is 2.24. The van der Waals surface area contributed by atoms with Gasteiger partial charge in [0.25, 0.3) is 0 Å². The van der Waals surface area contributed by atoms with E-state index in [1.807, 2.05) is 13.8 Å². The molecule has 0 heterocycles. The van der Waals surface area contributed by atoms with Gasteiger partial charge in [-0.1, -0.05) is 19.1 Å². The van der Waals surface area contributed by atoms with Crippen LogP contribution in [0.4, 0.5) is 0 Å². The molecule has 1 aliphatic rings. The topological polar surface area (TPSA) is 52.9 Å². The van der Waals surface area contributed by atoms with E-state index in [2.05, 4.69) is 24.1 Å². The largest absolute Gasteiger partial charge is 0.475 e. The number of carboxylic acids is 1. The van der Waals surface area contributed by atoms with Gasteiger partial charge in [-0.05, 0) is 25.8 Å². The molecule has 1 rings (SSSR count). The normalized spacial score (nSPS) is 15.9. The number of allylic oxidation sites excluding steroid dienone is 3. The molecule has 0 radical (unpaired) electrons. The first-order valence-corrected chi connectivity index (χ1v) is 5.90. The maximum Gasteiger partial charge on any atom is 0.371 e. The number of hydrogen-bond donors (Lipinski definition) is 1. The molecule has 0 aromatic carbocycles. The van der Waals surface area contributed by atoms with Crippen LogP contribution in [0.25, 0.3) is 0 Å². The van der Waals surface area contributed by atoms with Crippen LogP contribution in [0.3, 0.4) is 0 Å². The zero-order chi connectivity index (χ0) is 13.0. The molecular formula is C13H20N2O2. The van der Waals surface area contributed by atoms with Gasteiger partial charge in [-0.25, -0.2) is 4.79 Å². The molecule has 0 saturated carbocycles. The molecule has 94 valence electrons. The van der Waals surface area contributed by atoms with E-state index in [9.17, 15) is 9.90 Å². The smallest absolute Gasteiger partial charge is 0.371 e. The molecule has 1 aliphatic carbocycles. The molecule has 0 fully saturated rings. The van der Waals surface area contributed by atoms with Crippen molar-refractivity contribution in [2.45, 2.75) is 39.7 Å². The van der Waals surface area contributed by atoms with Gasteiger partial charge in [0, 0.05) is 25.2 Å². The van der Waals surface area contributed by atoms with Gasteiger partial charge in [0.15, 0.2) is 0 Å². The van der Waals surface area contributed by atoms with Crippen molar-refractivity contribution in [3.05, 3.63) is 23.4 Å². The van der Waals surface area contributed by atoms with E-state index >= 15 is 0 Å². The lowest BCUT2D eigenvalue weighted by Gasteiger charge is -2.22. The molecule has 4 nitrogen and oxygen atoms in total. The van der Waals surface area contributed by atoms with E-state index in [4.69, 9.17) is 0 Å². The third-order valence-corrected chi connectivity index (χ3v) is 2.68. The fourth-order valence-electron chi connectivity index (χ4n) is 1.87. The SMILES string of the molecule is CCC1=C(N(C)C(=NC(C)C)C(=O)O)CC=C1. The van der Waals surface area contributed by atoms with Gasteiger partial charge >= 0.3 is 5.97 Å². The molecule has 1 N–H and O–H groups in total. The van der Waals surface area contributed by atoms with Gasteiger partial charge in [0.2, 0.25) is 5.84 Å². The molecule has 0 atom stereocenters. The molecule has 4 heteroatoms. The highest BCUT2D eigenvalue weighted by atomic mass is 16.4. The van der Waals surface area contributed by atoms with Crippen molar-refractivity contribution in [1.82, 2.24) is 4.90 Å². The van der Waals surface area contributed by atoms with Crippen molar-refractivity contribution in [3.63, 3.8) is 0 Å². The van der Waals surface area contributed by atoms with Crippen LogP contribution in [0.15, 0.2) is 28.4 Å². The van der Waals surface area contributed by atoms with Crippen LogP contribution in [0.2, 0.25) is 0 Å². The summed E-state index contributed by atoms with van der Waals surface area (Å²) in [7, 11) is 1.77. The minimum absolute atomic E-state index is 0.0245. The molecule has 0 aromatic rings. The average Bonchev–Trinajstić information content (AvgIpc) is 2.72. The van der Waals surface area contributed by atoms with E-state index in [0.717, 1.165) is 18.5 Å². The fourth-order valence-corrected chi connectivity index (χ4v) is 1.87. The number of aliphatic imine (C=N–C) groups is 1. The molecule has 0 unspecified atom stereocenters. The Hall–Kier alpha value is -1.58. The monoisotopic (exact) mass is 236 g/mol. The van der Waals surface area contributed by atoms with Gasteiger partial charge in [-0.3, -0.25) is 4.99 Å². The highest BCUT2D eigenvalue weighted by molar-refractivity contribution is 6.34. The van der Waals surface area contributed by atoms with Crippen molar-refractivity contribution in [2.24, 2.45) is 4.99 Å². The Bertz CT molecular complexity index is 392. The Morgan fingerprint density at radius 3 is 2.71 bits per heavy atom. The number of nitrogens with zero attached hydrogens (tertiary/aromatic N) is 2. The van der Waals surface area contributed by atoms with Crippen molar-refractivity contribution in [3.8, 4) is 0 Å². The molecule has 17 heavy (non-hydrogen) atoms. The summed E-state index contributed by atoms with van der Waals surface area (Å²) in [5.74, 6) is -0.860. The summed E-state index contributed by atoms with van der Waals surface area (Å²) < 4.78 is 0. The maximum absolute atomic E-state index is 11.2. The fraction of sp³-hybridized carbons (Fsp3) is 0.538. The van der Waals surface area contributed by atoms with E-state index in [1.54, 1.807) is 11.9 Å². The van der Waals surface area contributed by atoms with Crippen LogP contribution in [0.1, 0.15) is 33.6 Å². The summed E-state index contributed by atoms with van der Waals surface area (Å²) in [5, 5.41) is 9.20. The number of amidine groups is 1. The van der Waals surface area contributed by atoms with Gasteiger partial charge in [-0.15, -0.1) is 0 Å². The van der Waals surface area contributed by atoms with Crippen LogP contribution < -0.4 is 0 Å². The molecule has 0 bridgehead atoms. The number of aliphatic carboxylic acids is 1. The first-order valence-electron chi connectivity index (χ1n) is 5.90. The number of likely N-dealkylation sites (N-methyl/N-ethyl adjacent to an activating group) is 1. The highest BCUT2D eigenvalue weighted by Gasteiger charge is 2.21. The maximum atomic E-state index is 11.2. The van der Waals surface area contributed by atoms with Gasteiger partial charge in [0.1, 0.15) is 0 Å². The van der Waals surface area contributed by atoms with Gasteiger partial charge in [-0.2, -0.15) is 0 Å². The van der Waals surface area contributed by atoms with Gasteiger partial charge < -0.3 is 10.0 Å². The number of carboxylic acid groups (broad SMARTS) is 1. The first kappa shape index (κ1) is 13.5. The van der Waals surface area contributed by atoms with Crippen molar-refractivity contribution >= 4 is 11.8 Å². The third-order valence-electron chi connectivity index (χ3n) is 2.68. The van der Waals surface area contributed by atoms with Gasteiger partial charge in [0.05, 0.1) is 0 Å². The molecule has 0 spiro atoms. The average molecular weight is 236 g/mol. The first-order chi connectivity index (χ1) is 7.97. The van der Waals surface area contributed by atoms with Crippen molar-refractivity contribution in [1.29, 1.82) is 0 Å². The summed E-state index contributed by atoms with van der Waals surface area (Å²) >= 11 is 0. The minimum Gasteiger partial charge on any atom is -0.475 e. The lowest BCUT2D eigenvalue weighted by Crippen LogP contribution is -2.33. The van der Waals surface area contributed by atoms with Crippen LogP contribution in [-0.2, 0) is 4.79 Å². The number of rotatable bonds is 3. The Balaban J connectivity index is 3.02. The summed E-state index contributed by atoms with van der Waals surface area (Å²) in [6.45, 7) is 5.82. The number of hydrogen-bond acceptors (Lipinski definition) is 2. The summed E-state index contributed by atoms with van der Waals surface area (Å²) in [6, 6.07) is -0.0245. The summed E-state index contributed by atoms with van der Waals surface area (Å²) in [4.78, 5) is 17.1. The minimum atomic E-state index is -0.976. The van der Waals surface area contributed by atoms with Crippen LogP contribution >= 0.6 is 0 Å². The second kappa shape index (κ2) is 5.66. The zero-order valence-electron chi connectivity index (χ0n) is 10.9. The predicted octanol–water partition coefficient (Wildman–Crippen LogP) is 2.43. The number of carbonyl (C=O) groups is 1. The molecule has 0 amide bonds. The molecule has 0 saturated heterocycles. The van der Waals surface area contributed by atoms with Crippen molar-refractivity contribution in [2.75, 3.05) is 7.05 Å². The van der Waals surface area contributed by atoms with E-state index < -0.39 is 5.97 Å². The zero-order valence-corrected chi connectivity index (χ0v) is 10.9. The molecule has 0 aliphatic heterocycles. The third kappa shape index (κ3) is 3.19. The van der Waals surface area contributed by atoms with E-state index in [1.165, 1.54) is 5.57 Å². The Kier molecular flexibility index (Phi) is 4.49. The second-order valence-corrected chi connectivity index (χ2v) is 4.34. The Morgan fingerprint density at radius 2 is 2.24 bits per heavy atom. The summed E-state index contributed by atoms with van der Waals surface area (Å²) in [6.07, 6.45) is 5.80. The van der Waals surface area contributed by atoms with E-state index in [-0.39, 0.29) is 11.9 Å². The molecule has 0 aromatic heterocycles. The molecular weight excluding hydrogens is 216 g/mol. The lowest BCUT2D eigenvalue weighted by molar-refractivity contribution is -0.130. The standard InChI is InChI=1S/C13H20N2O2/c1-5-10-7-6-8-11(10)15(4)12(13(16)17)14-9(2)3/h6-7,9H,5,8H2,1-4H3,(H,16,17). The quantitative estimate of drug-likeness (QED) is 0.605. The van der Waals surface area contributed by atoms with E-state index in [0.29, 0.717) is 0 Å². The van der Waals surface area contributed by atoms with Crippen LogP contribution in [0.5, 0.6) is 0 Å². The predicted molar refractivity (Wildman–Crippen MR) is 69.0 cm³/mol. The Labute approximate surface area is 102 Å². The van der Waals surface area contributed by atoms with Crippen molar-refractivity contribution < 1.29 is 9.90 Å².